The lowest BCUT2D eigenvalue weighted by molar-refractivity contribution is 0.102. The molecule has 0 radical (unpaired) electrons. The lowest BCUT2D eigenvalue weighted by Gasteiger charge is -2.12. The zero-order valence-electron chi connectivity index (χ0n) is 15.6. The summed E-state index contributed by atoms with van der Waals surface area (Å²) in [5, 5.41) is 2.85. The number of rotatable bonds is 8. The largest absolute Gasteiger partial charge is 0.490 e. The van der Waals surface area contributed by atoms with Gasteiger partial charge in [-0.3, -0.25) is 9.59 Å². The minimum Gasteiger partial charge on any atom is -0.490 e. The zero-order chi connectivity index (χ0) is 19.8. The van der Waals surface area contributed by atoms with Gasteiger partial charge in [-0.05, 0) is 55.0 Å². The molecule has 142 valence electrons. The van der Waals surface area contributed by atoms with Crippen molar-refractivity contribution in [2.24, 2.45) is 0 Å². The Morgan fingerprint density at radius 2 is 1.68 bits per heavy atom. The van der Waals surface area contributed by atoms with Gasteiger partial charge in [-0.1, -0.05) is 30.3 Å². The summed E-state index contributed by atoms with van der Waals surface area (Å²) in [6.45, 7) is 2.67. The molecule has 3 rings (SSSR count). The lowest BCUT2D eigenvalue weighted by Crippen LogP contribution is -2.11. The average molecular weight is 375 g/mol. The van der Waals surface area contributed by atoms with Crippen LogP contribution in [0.25, 0.3) is 0 Å². The van der Waals surface area contributed by atoms with Crippen LogP contribution in [0.2, 0.25) is 0 Å². The quantitative estimate of drug-likeness (QED) is 0.578. The highest BCUT2D eigenvalue weighted by atomic mass is 16.5. The van der Waals surface area contributed by atoms with Gasteiger partial charge in [0, 0.05) is 16.8 Å². The molecule has 0 aliphatic carbocycles. The Hall–Kier alpha value is -3.60. The number of nitrogens with one attached hydrogen (secondary N) is 1. The van der Waals surface area contributed by atoms with Gasteiger partial charge in [0.05, 0.1) is 6.61 Å². The van der Waals surface area contributed by atoms with Crippen LogP contribution in [0, 0.1) is 0 Å². The number of hydrogen-bond donors (Lipinski definition) is 1. The molecule has 3 aromatic rings. The van der Waals surface area contributed by atoms with Crippen LogP contribution in [0.5, 0.6) is 11.5 Å². The SMILES string of the molecule is CCOc1cc(C=O)ccc1OCc1ccc(C(=O)Nc2ccccc2)cc1. The first-order valence-corrected chi connectivity index (χ1v) is 8.99. The molecule has 0 saturated heterocycles. The number of para-hydroxylation sites is 1. The third-order valence-electron chi connectivity index (χ3n) is 4.05. The van der Waals surface area contributed by atoms with Crippen LogP contribution in [0.4, 0.5) is 5.69 Å². The summed E-state index contributed by atoms with van der Waals surface area (Å²) < 4.78 is 11.4. The summed E-state index contributed by atoms with van der Waals surface area (Å²) in [6, 6.07) is 21.6. The van der Waals surface area contributed by atoms with E-state index in [1.807, 2.05) is 49.4 Å². The molecule has 0 aliphatic heterocycles. The highest BCUT2D eigenvalue weighted by Gasteiger charge is 2.08. The number of benzene rings is 3. The number of carbonyl (C=O) groups is 2. The molecular formula is C23H21NO4. The monoisotopic (exact) mass is 375 g/mol. The highest BCUT2D eigenvalue weighted by molar-refractivity contribution is 6.04. The predicted octanol–water partition coefficient (Wildman–Crippen LogP) is 4.73. The molecule has 0 atom stereocenters. The maximum atomic E-state index is 12.3. The first kappa shape index (κ1) is 19.2. The van der Waals surface area contributed by atoms with E-state index in [9.17, 15) is 9.59 Å². The number of hydrogen-bond acceptors (Lipinski definition) is 4. The third-order valence-corrected chi connectivity index (χ3v) is 4.05. The van der Waals surface area contributed by atoms with Crippen LogP contribution in [-0.2, 0) is 6.61 Å². The van der Waals surface area contributed by atoms with Gasteiger partial charge in [0.15, 0.2) is 11.5 Å². The van der Waals surface area contributed by atoms with E-state index in [2.05, 4.69) is 5.32 Å². The van der Waals surface area contributed by atoms with Gasteiger partial charge in [-0.25, -0.2) is 0 Å². The molecular weight excluding hydrogens is 354 g/mol. The fourth-order valence-corrected chi connectivity index (χ4v) is 2.62. The predicted molar refractivity (Wildman–Crippen MR) is 108 cm³/mol. The molecule has 0 unspecified atom stereocenters. The van der Waals surface area contributed by atoms with Crippen LogP contribution in [0.1, 0.15) is 33.2 Å². The Kier molecular flexibility index (Phi) is 6.41. The third kappa shape index (κ3) is 4.98. The van der Waals surface area contributed by atoms with E-state index in [1.54, 1.807) is 30.3 Å². The molecule has 0 bridgehead atoms. The molecule has 0 spiro atoms. The van der Waals surface area contributed by atoms with Crippen LogP contribution in [0.3, 0.4) is 0 Å². The molecule has 1 N–H and O–H groups in total. The molecule has 1 amide bonds. The van der Waals surface area contributed by atoms with Crippen molar-refractivity contribution in [3.8, 4) is 11.5 Å². The first-order valence-electron chi connectivity index (χ1n) is 8.99. The second-order valence-electron chi connectivity index (χ2n) is 6.06. The van der Waals surface area contributed by atoms with E-state index in [4.69, 9.17) is 9.47 Å². The van der Waals surface area contributed by atoms with Crippen molar-refractivity contribution >= 4 is 17.9 Å². The Morgan fingerprint density at radius 3 is 2.36 bits per heavy atom. The summed E-state index contributed by atoms with van der Waals surface area (Å²) in [5.41, 5.74) is 2.77. The van der Waals surface area contributed by atoms with E-state index in [1.165, 1.54) is 0 Å². The first-order chi connectivity index (χ1) is 13.7. The van der Waals surface area contributed by atoms with Crippen molar-refractivity contribution < 1.29 is 19.1 Å². The molecule has 0 aliphatic rings. The molecule has 0 heterocycles. The van der Waals surface area contributed by atoms with Crippen LogP contribution in [0.15, 0.2) is 72.8 Å². The number of aldehydes is 1. The van der Waals surface area contributed by atoms with Crippen LogP contribution >= 0.6 is 0 Å². The van der Waals surface area contributed by atoms with Crippen molar-refractivity contribution in [2.75, 3.05) is 11.9 Å². The Bertz CT molecular complexity index is 937. The van der Waals surface area contributed by atoms with Gasteiger partial charge < -0.3 is 14.8 Å². The number of amides is 1. The fraction of sp³-hybridized carbons (Fsp3) is 0.130. The molecule has 0 saturated carbocycles. The minimum absolute atomic E-state index is 0.165. The maximum Gasteiger partial charge on any atom is 0.255 e. The average Bonchev–Trinajstić information content (AvgIpc) is 2.74. The minimum atomic E-state index is -0.165. The highest BCUT2D eigenvalue weighted by Crippen LogP contribution is 2.28. The smallest absolute Gasteiger partial charge is 0.255 e. The number of carbonyl (C=O) groups excluding carboxylic acids is 2. The summed E-state index contributed by atoms with van der Waals surface area (Å²) in [7, 11) is 0. The van der Waals surface area contributed by atoms with Crippen molar-refractivity contribution in [3.05, 3.63) is 89.5 Å². The second kappa shape index (κ2) is 9.37. The van der Waals surface area contributed by atoms with Gasteiger partial charge in [0.25, 0.3) is 5.91 Å². The van der Waals surface area contributed by atoms with E-state index in [0.717, 1.165) is 17.5 Å². The van der Waals surface area contributed by atoms with Gasteiger partial charge in [0.2, 0.25) is 0 Å². The maximum absolute atomic E-state index is 12.3. The van der Waals surface area contributed by atoms with Crippen LogP contribution in [-0.4, -0.2) is 18.8 Å². The van der Waals surface area contributed by atoms with Gasteiger partial charge in [0.1, 0.15) is 12.9 Å². The van der Waals surface area contributed by atoms with Crippen molar-refractivity contribution in [2.45, 2.75) is 13.5 Å². The van der Waals surface area contributed by atoms with Gasteiger partial charge >= 0.3 is 0 Å². The normalized spacial score (nSPS) is 10.2. The summed E-state index contributed by atoms with van der Waals surface area (Å²) in [6.07, 6.45) is 0.769. The van der Waals surface area contributed by atoms with Crippen molar-refractivity contribution in [1.82, 2.24) is 0 Å². The summed E-state index contributed by atoms with van der Waals surface area (Å²) >= 11 is 0. The van der Waals surface area contributed by atoms with E-state index in [-0.39, 0.29) is 5.91 Å². The number of ether oxygens (including phenoxy) is 2. The fourth-order valence-electron chi connectivity index (χ4n) is 2.62. The topological polar surface area (TPSA) is 64.6 Å². The standard InChI is InChI=1S/C23H21NO4/c1-2-27-22-14-18(15-25)10-13-21(22)28-16-17-8-11-19(12-9-17)23(26)24-20-6-4-3-5-7-20/h3-15H,2,16H2,1H3,(H,24,26). The molecule has 5 nitrogen and oxygen atoms in total. The summed E-state index contributed by atoms with van der Waals surface area (Å²) in [4.78, 5) is 23.2. The van der Waals surface area contributed by atoms with Gasteiger partial charge in [-0.2, -0.15) is 0 Å². The lowest BCUT2D eigenvalue weighted by atomic mass is 10.1. The van der Waals surface area contributed by atoms with E-state index >= 15 is 0 Å². The zero-order valence-corrected chi connectivity index (χ0v) is 15.6. The Morgan fingerprint density at radius 1 is 0.929 bits per heavy atom. The second-order valence-corrected chi connectivity index (χ2v) is 6.06. The molecule has 5 heteroatoms. The Labute approximate surface area is 163 Å². The van der Waals surface area contributed by atoms with Crippen molar-refractivity contribution in [3.63, 3.8) is 0 Å². The van der Waals surface area contributed by atoms with Gasteiger partial charge in [-0.15, -0.1) is 0 Å². The molecule has 3 aromatic carbocycles. The number of anilines is 1. The van der Waals surface area contributed by atoms with Crippen molar-refractivity contribution in [1.29, 1.82) is 0 Å². The summed E-state index contributed by atoms with van der Waals surface area (Å²) in [5.74, 6) is 0.936. The molecule has 0 aromatic heterocycles. The molecule has 28 heavy (non-hydrogen) atoms. The van der Waals surface area contributed by atoms with Crippen LogP contribution < -0.4 is 14.8 Å². The Balaban J connectivity index is 1.63. The molecule has 0 fully saturated rings. The van der Waals surface area contributed by atoms with E-state index in [0.29, 0.717) is 35.8 Å². The van der Waals surface area contributed by atoms with E-state index < -0.39 is 0 Å².